The number of carboxylic acids is 1. The maximum Gasteiger partial charge on any atom is 0.356 e. The van der Waals surface area contributed by atoms with Gasteiger partial charge in [-0.05, 0) is 25.1 Å². The molecule has 19 heavy (non-hydrogen) atoms. The number of carboxylic acid groups (broad SMARTS) is 1. The van der Waals surface area contributed by atoms with Crippen LogP contribution in [0.3, 0.4) is 0 Å². The van der Waals surface area contributed by atoms with Crippen LogP contribution in [-0.2, 0) is 0 Å². The summed E-state index contributed by atoms with van der Waals surface area (Å²) < 4.78 is 7.03. The van der Waals surface area contributed by atoms with E-state index in [4.69, 9.17) is 4.74 Å². The van der Waals surface area contributed by atoms with E-state index in [1.165, 1.54) is 0 Å². The lowest BCUT2D eigenvalue weighted by Gasteiger charge is -2.08. The fourth-order valence-corrected chi connectivity index (χ4v) is 2.53. The molecule has 1 fully saturated rings. The molecule has 1 unspecified atom stereocenters. The van der Waals surface area contributed by atoms with Crippen molar-refractivity contribution in [2.45, 2.75) is 12.3 Å². The average molecular weight is 261 g/mol. The minimum absolute atomic E-state index is 0.101. The highest BCUT2D eigenvalue weighted by Crippen LogP contribution is 2.26. The minimum atomic E-state index is -1.00. The van der Waals surface area contributed by atoms with E-state index in [9.17, 15) is 9.90 Å². The number of pyridine rings is 1. The van der Waals surface area contributed by atoms with Gasteiger partial charge in [0.25, 0.3) is 0 Å². The van der Waals surface area contributed by atoms with Crippen LogP contribution in [0.15, 0.2) is 18.3 Å². The van der Waals surface area contributed by atoms with E-state index in [-0.39, 0.29) is 11.6 Å². The Balaban J connectivity index is 2.21. The average Bonchev–Trinajstić information content (AvgIpc) is 3.04. The molecule has 2 aromatic rings. The molecule has 1 aliphatic rings. The van der Waals surface area contributed by atoms with E-state index in [2.05, 4.69) is 10.3 Å². The van der Waals surface area contributed by atoms with E-state index < -0.39 is 5.97 Å². The number of hydrogen-bond acceptors (Lipinski definition) is 4. The zero-order valence-corrected chi connectivity index (χ0v) is 10.6. The molecule has 6 nitrogen and oxygen atoms in total. The van der Waals surface area contributed by atoms with Gasteiger partial charge >= 0.3 is 5.97 Å². The molecule has 3 heterocycles. The number of ether oxygens (including phenoxy) is 1. The minimum Gasteiger partial charge on any atom is -0.495 e. The third-order valence-electron chi connectivity index (χ3n) is 3.50. The second-order valence-electron chi connectivity index (χ2n) is 4.64. The van der Waals surface area contributed by atoms with E-state index in [0.717, 1.165) is 25.3 Å². The Bertz CT molecular complexity index is 629. The molecular weight excluding hydrogens is 246 g/mol. The fourth-order valence-electron chi connectivity index (χ4n) is 2.53. The monoisotopic (exact) mass is 261 g/mol. The van der Waals surface area contributed by atoms with Crippen LogP contribution in [0.1, 0.15) is 28.7 Å². The number of imidazole rings is 1. The predicted octanol–water partition coefficient (Wildman–Crippen LogP) is 1.12. The Kier molecular flexibility index (Phi) is 2.87. The van der Waals surface area contributed by atoms with Gasteiger partial charge in [-0.1, -0.05) is 0 Å². The number of nitrogens with one attached hydrogen (secondary N) is 1. The summed E-state index contributed by atoms with van der Waals surface area (Å²) in [6.45, 7) is 1.77. The van der Waals surface area contributed by atoms with Crippen LogP contribution in [0.2, 0.25) is 0 Å². The number of hydrogen-bond donors (Lipinski definition) is 2. The van der Waals surface area contributed by atoms with Crippen molar-refractivity contribution in [1.82, 2.24) is 14.7 Å². The summed E-state index contributed by atoms with van der Waals surface area (Å²) >= 11 is 0. The largest absolute Gasteiger partial charge is 0.495 e. The fraction of sp³-hybridized carbons (Fsp3) is 0.385. The Morgan fingerprint density at radius 3 is 3.05 bits per heavy atom. The molecule has 100 valence electrons. The lowest BCUT2D eigenvalue weighted by molar-refractivity contribution is 0.0693. The third-order valence-corrected chi connectivity index (χ3v) is 3.50. The lowest BCUT2D eigenvalue weighted by atomic mass is 10.1. The zero-order chi connectivity index (χ0) is 13.4. The molecular formula is C13H15N3O3. The summed E-state index contributed by atoms with van der Waals surface area (Å²) in [5.74, 6) is 0.720. The van der Waals surface area contributed by atoms with Crippen LogP contribution in [0.5, 0.6) is 5.75 Å². The second kappa shape index (κ2) is 4.55. The maximum atomic E-state index is 11.3. The van der Waals surface area contributed by atoms with E-state index in [0.29, 0.717) is 11.3 Å². The van der Waals surface area contributed by atoms with Gasteiger partial charge in [-0.25, -0.2) is 9.78 Å². The highest BCUT2D eigenvalue weighted by molar-refractivity contribution is 5.93. The molecule has 0 aromatic carbocycles. The number of aromatic nitrogens is 2. The summed E-state index contributed by atoms with van der Waals surface area (Å²) in [4.78, 5) is 15.6. The molecule has 0 amide bonds. The van der Waals surface area contributed by atoms with Crippen LogP contribution in [-0.4, -0.2) is 40.7 Å². The molecule has 1 saturated heterocycles. The van der Waals surface area contributed by atoms with E-state index >= 15 is 0 Å². The summed E-state index contributed by atoms with van der Waals surface area (Å²) in [6, 6.07) is 3.49. The van der Waals surface area contributed by atoms with Crippen molar-refractivity contribution in [2.75, 3.05) is 20.2 Å². The number of methoxy groups -OCH3 is 1. The number of carbonyl (C=O) groups is 1. The number of aromatic carboxylic acids is 1. The summed E-state index contributed by atoms with van der Waals surface area (Å²) in [7, 11) is 1.59. The molecule has 3 rings (SSSR count). The Hall–Kier alpha value is -2.08. The molecule has 6 heteroatoms. The van der Waals surface area contributed by atoms with Gasteiger partial charge in [0.2, 0.25) is 0 Å². The first-order valence-corrected chi connectivity index (χ1v) is 6.20. The van der Waals surface area contributed by atoms with Crippen molar-refractivity contribution < 1.29 is 14.6 Å². The predicted molar refractivity (Wildman–Crippen MR) is 68.9 cm³/mol. The topological polar surface area (TPSA) is 75.9 Å². The van der Waals surface area contributed by atoms with Gasteiger partial charge in [0.05, 0.1) is 18.8 Å². The smallest absolute Gasteiger partial charge is 0.356 e. The van der Waals surface area contributed by atoms with Crippen molar-refractivity contribution in [2.24, 2.45) is 0 Å². The van der Waals surface area contributed by atoms with Crippen LogP contribution >= 0.6 is 0 Å². The van der Waals surface area contributed by atoms with Gasteiger partial charge in [-0.15, -0.1) is 0 Å². The van der Waals surface area contributed by atoms with Crippen molar-refractivity contribution >= 4 is 11.5 Å². The molecule has 0 bridgehead atoms. The highest BCUT2D eigenvalue weighted by Gasteiger charge is 2.25. The number of fused-ring (bicyclic) bond motifs is 1. The Morgan fingerprint density at radius 1 is 1.58 bits per heavy atom. The highest BCUT2D eigenvalue weighted by atomic mass is 16.5. The normalized spacial score (nSPS) is 18.9. The Morgan fingerprint density at radius 2 is 2.42 bits per heavy atom. The van der Waals surface area contributed by atoms with Gasteiger partial charge in [0.1, 0.15) is 11.6 Å². The van der Waals surface area contributed by atoms with Gasteiger partial charge < -0.3 is 15.2 Å². The van der Waals surface area contributed by atoms with Gasteiger partial charge in [-0.2, -0.15) is 0 Å². The summed E-state index contributed by atoms with van der Waals surface area (Å²) in [5, 5.41) is 12.5. The molecule has 2 aromatic heterocycles. The molecule has 0 saturated carbocycles. The van der Waals surface area contributed by atoms with Crippen LogP contribution in [0.4, 0.5) is 0 Å². The molecule has 1 atom stereocenters. The van der Waals surface area contributed by atoms with Crippen molar-refractivity contribution in [3.8, 4) is 5.75 Å². The first-order chi connectivity index (χ1) is 9.20. The molecule has 0 radical (unpaired) electrons. The SMILES string of the molecule is COc1ccc2c(C(=O)O)nc(C3CCNC3)n2c1. The Labute approximate surface area is 110 Å². The van der Waals surface area contributed by atoms with E-state index in [1.807, 2.05) is 4.40 Å². The number of nitrogens with zero attached hydrogens (tertiary/aromatic N) is 2. The zero-order valence-electron chi connectivity index (χ0n) is 10.6. The quantitative estimate of drug-likeness (QED) is 0.865. The van der Waals surface area contributed by atoms with Crippen LogP contribution in [0, 0.1) is 0 Å². The van der Waals surface area contributed by atoms with Crippen molar-refractivity contribution in [3.05, 3.63) is 29.8 Å². The first kappa shape index (κ1) is 12.0. The number of rotatable bonds is 3. The summed E-state index contributed by atoms with van der Waals surface area (Å²) in [6.07, 6.45) is 2.76. The van der Waals surface area contributed by atoms with Crippen LogP contribution in [0.25, 0.3) is 5.52 Å². The lowest BCUT2D eigenvalue weighted by Crippen LogP contribution is -2.10. The van der Waals surface area contributed by atoms with Crippen molar-refractivity contribution in [1.29, 1.82) is 0 Å². The molecule has 1 aliphatic heterocycles. The van der Waals surface area contributed by atoms with Gasteiger partial charge in [-0.3, -0.25) is 4.40 Å². The van der Waals surface area contributed by atoms with Gasteiger partial charge in [0.15, 0.2) is 5.69 Å². The third kappa shape index (κ3) is 1.94. The second-order valence-corrected chi connectivity index (χ2v) is 4.64. The molecule has 0 aliphatic carbocycles. The van der Waals surface area contributed by atoms with Gasteiger partial charge in [0, 0.05) is 12.5 Å². The summed E-state index contributed by atoms with van der Waals surface area (Å²) in [5.41, 5.74) is 0.708. The van der Waals surface area contributed by atoms with Crippen molar-refractivity contribution in [3.63, 3.8) is 0 Å². The standard InChI is InChI=1S/C13H15N3O3/c1-19-9-2-3-10-11(13(17)18)15-12(16(10)7-9)8-4-5-14-6-8/h2-3,7-8,14H,4-6H2,1H3,(H,17,18). The van der Waals surface area contributed by atoms with Crippen LogP contribution < -0.4 is 10.1 Å². The maximum absolute atomic E-state index is 11.3. The molecule has 0 spiro atoms. The molecule has 2 N–H and O–H groups in total. The first-order valence-electron chi connectivity index (χ1n) is 6.20. The van der Waals surface area contributed by atoms with E-state index in [1.54, 1.807) is 25.4 Å².